The molecule has 0 aliphatic heterocycles. The molecule has 118 valence electrons. The van der Waals surface area contributed by atoms with E-state index in [9.17, 15) is 4.79 Å². The Morgan fingerprint density at radius 2 is 2.05 bits per heavy atom. The minimum atomic E-state index is -0.233. The minimum absolute atomic E-state index is 0.163. The number of hydrogen-bond donors (Lipinski definition) is 1. The highest BCUT2D eigenvalue weighted by Gasteiger charge is 2.15. The topological polar surface area (TPSA) is 58.1 Å². The van der Waals surface area contributed by atoms with Crippen molar-refractivity contribution in [3.05, 3.63) is 22.7 Å². The summed E-state index contributed by atoms with van der Waals surface area (Å²) in [6.45, 7) is 11.9. The van der Waals surface area contributed by atoms with Gasteiger partial charge < -0.3 is 10.2 Å². The zero-order valence-electron chi connectivity index (χ0n) is 13.3. The lowest BCUT2D eigenvalue weighted by molar-refractivity contribution is 0.0946. The Kier molecular flexibility index (Phi) is 7.61. The molecule has 6 heteroatoms. The van der Waals surface area contributed by atoms with Crippen molar-refractivity contribution in [1.29, 1.82) is 0 Å². The molecule has 0 fully saturated rings. The van der Waals surface area contributed by atoms with Crippen molar-refractivity contribution >= 4 is 17.5 Å². The second-order valence-electron chi connectivity index (χ2n) is 5.22. The van der Waals surface area contributed by atoms with Gasteiger partial charge in [-0.05, 0) is 26.1 Å². The first-order valence-corrected chi connectivity index (χ1v) is 7.90. The fraction of sp³-hybridized carbons (Fsp3) is 0.667. The second-order valence-corrected chi connectivity index (χ2v) is 5.62. The first kappa shape index (κ1) is 17.9. The van der Waals surface area contributed by atoms with Gasteiger partial charge in [-0.2, -0.15) is 0 Å². The van der Waals surface area contributed by atoms with Crippen LogP contribution >= 0.6 is 11.6 Å². The van der Waals surface area contributed by atoms with Gasteiger partial charge in [0.1, 0.15) is 11.5 Å². The van der Waals surface area contributed by atoms with Crippen molar-refractivity contribution in [2.45, 2.75) is 40.0 Å². The van der Waals surface area contributed by atoms with E-state index in [0.29, 0.717) is 17.4 Å². The lowest BCUT2D eigenvalue weighted by atomic mass is 10.2. The molecule has 0 saturated carbocycles. The quantitative estimate of drug-likeness (QED) is 0.750. The Balaban J connectivity index is 2.54. The zero-order chi connectivity index (χ0) is 15.8. The predicted molar refractivity (Wildman–Crippen MR) is 85.9 cm³/mol. The van der Waals surface area contributed by atoms with E-state index in [0.717, 1.165) is 26.1 Å². The molecule has 0 bridgehead atoms. The summed E-state index contributed by atoms with van der Waals surface area (Å²) in [4.78, 5) is 22.8. The number of carbonyl (C=O) groups excluding carboxylic acids is 1. The molecule has 1 aromatic rings. The second kappa shape index (κ2) is 8.95. The fourth-order valence-electron chi connectivity index (χ4n) is 1.95. The highest BCUT2D eigenvalue weighted by atomic mass is 35.5. The van der Waals surface area contributed by atoms with Crippen LogP contribution in [0.5, 0.6) is 0 Å². The number of hydrogen-bond acceptors (Lipinski definition) is 4. The summed E-state index contributed by atoms with van der Waals surface area (Å²) < 4.78 is 0. The van der Waals surface area contributed by atoms with E-state index in [1.165, 1.54) is 6.20 Å². The molecule has 0 aliphatic rings. The van der Waals surface area contributed by atoms with Crippen LogP contribution in [-0.4, -0.2) is 47.0 Å². The van der Waals surface area contributed by atoms with Crippen LogP contribution in [0.4, 0.5) is 0 Å². The van der Waals surface area contributed by atoms with Gasteiger partial charge in [0.2, 0.25) is 0 Å². The maximum Gasteiger partial charge on any atom is 0.271 e. The number of halogens is 1. The average molecular weight is 313 g/mol. The predicted octanol–water partition coefficient (Wildman–Crippen LogP) is 2.72. The number of nitrogens with zero attached hydrogens (tertiary/aromatic N) is 3. The number of carbonyl (C=O) groups is 1. The zero-order valence-corrected chi connectivity index (χ0v) is 14.1. The maximum absolute atomic E-state index is 12.1. The summed E-state index contributed by atoms with van der Waals surface area (Å²) in [7, 11) is 0. The third-order valence-corrected chi connectivity index (χ3v) is 3.60. The maximum atomic E-state index is 12.1. The van der Waals surface area contributed by atoms with Gasteiger partial charge in [0, 0.05) is 12.5 Å². The Hall–Kier alpha value is -1.20. The van der Waals surface area contributed by atoms with Crippen molar-refractivity contribution in [3.8, 4) is 0 Å². The average Bonchev–Trinajstić information content (AvgIpc) is 2.47. The largest absolute Gasteiger partial charge is 0.351 e. The van der Waals surface area contributed by atoms with Gasteiger partial charge in [-0.15, -0.1) is 0 Å². The van der Waals surface area contributed by atoms with Gasteiger partial charge in [0.25, 0.3) is 5.91 Å². The molecule has 5 nitrogen and oxygen atoms in total. The highest BCUT2D eigenvalue weighted by Crippen LogP contribution is 2.16. The summed E-state index contributed by atoms with van der Waals surface area (Å²) in [5, 5.41) is 3.16. The first-order valence-electron chi connectivity index (χ1n) is 7.52. The third-order valence-electron chi connectivity index (χ3n) is 3.33. The molecule has 21 heavy (non-hydrogen) atoms. The summed E-state index contributed by atoms with van der Waals surface area (Å²) >= 11 is 6.01. The van der Waals surface area contributed by atoms with E-state index in [1.54, 1.807) is 0 Å². The van der Waals surface area contributed by atoms with Crippen molar-refractivity contribution < 1.29 is 4.79 Å². The number of amides is 1. The van der Waals surface area contributed by atoms with Crippen LogP contribution in [0.2, 0.25) is 5.02 Å². The summed E-state index contributed by atoms with van der Waals surface area (Å²) in [6, 6.07) is 0. The lowest BCUT2D eigenvalue weighted by Gasteiger charge is -2.17. The van der Waals surface area contributed by atoms with Crippen LogP contribution in [-0.2, 0) is 0 Å². The smallest absolute Gasteiger partial charge is 0.271 e. The standard InChI is InChI=1S/C15H25ClN4O/c1-5-20(6-2)9-7-8-17-15(21)13-12(16)10-18-14(19-13)11(3)4/h10-11H,5-9H2,1-4H3,(H,17,21). The molecule has 1 aromatic heterocycles. The van der Waals surface area contributed by atoms with E-state index in [4.69, 9.17) is 11.6 Å². The molecule has 1 N–H and O–H groups in total. The molecular weight excluding hydrogens is 288 g/mol. The van der Waals surface area contributed by atoms with E-state index < -0.39 is 0 Å². The van der Waals surface area contributed by atoms with E-state index in [1.807, 2.05) is 13.8 Å². The van der Waals surface area contributed by atoms with Crippen LogP contribution in [0.3, 0.4) is 0 Å². The first-order chi connectivity index (χ1) is 9.99. The Bertz CT molecular complexity index is 461. The molecule has 1 heterocycles. The number of aromatic nitrogens is 2. The van der Waals surface area contributed by atoms with Gasteiger partial charge >= 0.3 is 0 Å². The monoisotopic (exact) mass is 312 g/mol. The van der Waals surface area contributed by atoms with Crippen molar-refractivity contribution in [2.24, 2.45) is 0 Å². The summed E-state index contributed by atoms with van der Waals surface area (Å²) in [6.07, 6.45) is 2.40. The Morgan fingerprint density at radius 3 is 2.62 bits per heavy atom. The Labute approximate surface area is 132 Å². The SMILES string of the molecule is CCN(CC)CCCNC(=O)c1nc(C(C)C)ncc1Cl. The normalized spacial score (nSPS) is 11.2. The van der Waals surface area contributed by atoms with Crippen molar-refractivity contribution in [2.75, 3.05) is 26.2 Å². The van der Waals surface area contributed by atoms with Gasteiger partial charge in [-0.3, -0.25) is 4.79 Å². The van der Waals surface area contributed by atoms with Crippen LogP contribution < -0.4 is 5.32 Å². The Morgan fingerprint density at radius 1 is 1.38 bits per heavy atom. The van der Waals surface area contributed by atoms with Gasteiger partial charge in [0.05, 0.1) is 11.2 Å². The van der Waals surface area contributed by atoms with Crippen LogP contribution in [0.15, 0.2) is 6.20 Å². The van der Waals surface area contributed by atoms with Gasteiger partial charge in [-0.25, -0.2) is 9.97 Å². The molecule has 0 saturated heterocycles. The molecule has 1 rings (SSSR count). The molecule has 1 amide bonds. The molecule has 0 radical (unpaired) electrons. The summed E-state index contributed by atoms with van der Waals surface area (Å²) in [5.74, 6) is 0.563. The van der Waals surface area contributed by atoms with E-state index in [2.05, 4.69) is 34.0 Å². The van der Waals surface area contributed by atoms with Crippen molar-refractivity contribution in [1.82, 2.24) is 20.2 Å². The minimum Gasteiger partial charge on any atom is -0.351 e. The third kappa shape index (κ3) is 5.59. The molecule has 0 atom stereocenters. The van der Waals surface area contributed by atoms with Gasteiger partial charge in [-0.1, -0.05) is 39.3 Å². The van der Waals surface area contributed by atoms with Crippen LogP contribution in [0.1, 0.15) is 56.3 Å². The van der Waals surface area contributed by atoms with E-state index in [-0.39, 0.29) is 17.5 Å². The lowest BCUT2D eigenvalue weighted by Crippen LogP contribution is -2.30. The number of nitrogens with one attached hydrogen (secondary N) is 1. The highest BCUT2D eigenvalue weighted by molar-refractivity contribution is 6.33. The van der Waals surface area contributed by atoms with Crippen LogP contribution in [0, 0.1) is 0 Å². The fourth-order valence-corrected chi connectivity index (χ4v) is 2.12. The molecule has 0 spiro atoms. The van der Waals surface area contributed by atoms with Crippen LogP contribution in [0.25, 0.3) is 0 Å². The molecule has 0 unspecified atom stereocenters. The molecule has 0 aromatic carbocycles. The van der Waals surface area contributed by atoms with Crippen molar-refractivity contribution in [3.63, 3.8) is 0 Å². The van der Waals surface area contributed by atoms with E-state index >= 15 is 0 Å². The summed E-state index contributed by atoms with van der Waals surface area (Å²) in [5.41, 5.74) is 0.262. The molecular formula is C15H25ClN4O. The van der Waals surface area contributed by atoms with Gasteiger partial charge in [0.15, 0.2) is 0 Å². The number of rotatable bonds is 8. The molecule has 0 aliphatic carbocycles.